The Labute approximate surface area is 182 Å². The number of rotatable bonds is 5. The topological polar surface area (TPSA) is 103 Å². The van der Waals surface area contributed by atoms with Crippen LogP contribution >= 0.6 is 0 Å². The Morgan fingerprint density at radius 2 is 2.23 bits per heavy atom. The van der Waals surface area contributed by atoms with Crippen LogP contribution in [0.4, 0.5) is 5.82 Å². The van der Waals surface area contributed by atoms with E-state index in [1.165, 1.54) is 0 Å². The third-order valence-electron chi connectivity index (χ3n) is 7.93. The Morgan fingerprint density at radius 1 is 1.35 bits per heavy atom. The second-order valence-corrected chi connectivity index (χ2v) is 9.93. The molecule has 6 rings (SSSR count). The van der Waals surface area contributed by atoms with Gasteiger partial charge >= 0.3 is 0 Å². The van der Waals surface area contributed by atoms with Crippen LogP contribution in [0.15, 0.2) is 18.3 Å². The van der Waals surface area contributed by atoms with E-state index in [0.29, 0.717) is 30.8 Å². The average Bonchev–Trinajstić information content (AvgIpc) is 3.15. The molecule has 3 aliphatic carbocycles. The van der Waals surface area contributed by atoms with Crippen molar-refractivity contribution in [1.29, 1.82) is 0 Å². The van der Waals surface area contributed by atoms with Gasteiger partial charge in [0.25, 0.3) is 5.91 Å². The van der Waals surface area contributed by atoms with Crippen LogP contribution < -0.4 is 16.0 Å². The molecule has 8 nitrogen and oxygen atoms in total. The first-order chi connectivity index (χ1) is 14.9. The van der Waals surface area contributed by atoms with Gasteiger partial charge in [-0.15, -0.1) is 0 Å². The number of aromatic nitrogens is 1. The van der Waals surface area contributed by atoms with E-state index >= 15 is 0 Å². The third-order valence-corrected chi connectivity index (χ3v) is 7.93. The van der Waals surface area contributed by atoms with Crippen molar-refractivity contribution in [2.75, 3.05) is 25.0 Å². The maximum Gasteiger partial charge on any atom is 0.256 e. The van der Waals surface area contributed by atoms with Crippen LogP contribution in [0.5, 0.6) is 0 Å². The molecule has 4 fully saturated rings. The maximum atomic E-state index is 13.1. The van der Waals surface area contributed by atoms with Crippen LogP contribution in [-0.4, -0.2) is 52.9 Å². The predicted octanol–water partition coefficient (Wildman–Crippen LogP) is 1.89. The summed E-state index contributed by atoms with van der Waals surface area (Å²) in [4.78, 5) is 43.8. The zero-order valence-corrected chi connectivity index (χ0v) is 18.1. The van der Waals surface area contributed by atoms with Crippen molar-refractivity contribution in [2.45, 2.75) is 57.5 Å². The molecule has 3 saturated carbocycles. The van der Waals surface area contributed by atoms with Gasteiger partial charge in [0.1, 0.15) is 11.5 Å². The molecule has 1 spiro atoms. The molecule has 2 aliphatic heterocycles. The van der Waals surface area contributed by atoms with E-state index in [9.17, 15) is 14.4 Å². The standard InChI is InChI=1S/C23H31N5O3/c1-22-8-7-15(23(14-22)26-19-16(20(30)27-23)5-2-9-24-19)13-17(22)21(31)25-10-4-12-28-11-3-6-18(28)29/h2,5,9,15,17H,3-4,6-8,10-14H2,1H3,(H,24,26)(H,25,31)(H,27,30)/t15-,17+,22+,23-/m0/s1. The van der Waals surface area contributed by atoms with Gasteiger partial charge in [0, 0.05) is 44.1 Å². The smallest absolute Gasteiger partial charge is 0.256 e. The zero-order valence-electron chi connectivity index (χ0n) is 18.1. The fraction of sp³-hybridized carbons (Fsp3) is 0.652. The highest BCUT2D eigenvalue weighted by molar-refractivity contribution is 6.01. The van der Waals surface area contributed by atoms with Crippen molar-refractivity contribution < 1.29 is 14.4 Å². The largest absolute Gasteiger partial charge is 0.356 e. The highest BCUT2D eigenvalue weighted by Gasteiger charge is 2.60. The number of fused-ring (bicyclic) bond motifs is 3. The van der Waals surface area contributed by atoms with Crippen molar-refractivity contribution in [3.05, 3.63) is 23.9 Å². The fourth-order valence-electron chi connectivity index (χ4n) is 6.27. The maximum absolute atomic E-state index is 13.1. The van der Waals surface area contributed by atoms with Gasteiger partial charge in [0.15, 0.2) is 0 Å². The molecular formula is C23H31N5O3. The first-order valence-electron chi connectivity index (χ1n) is 11.5. The predicted molar refractivity (Wildman–Crippen MR) is 115 cm³/mol. The molecule has 4 atom stereocenters. The SMILES string of the molecule is C[C@]12CC[C@@H](C[C@@H]1C(=O)NCCCN1CCCC1=O)[C@]1(C2)NC(=O)c2cccnc2N1. The van der Waals surface area contributed by atoms with E-state index in [4.69, 9.17) is 0 Å². The van der Waals surface area contributed by atoms with Gasteiger partial charge in [-0.2, -0.15) is 0 Å². The number of carbonyl (C=O) groups is 3. The number of amides is 3. The minimum atomic E-state index is -0.529. The fourth-order valence-corrected chi connectivity index (χ4v) is 6.27. The van der Waals surface area contributed by atoms with Gasteiger partial charge < -0.3 is 20.9 Å². The van der Waals surface area contributed by atoms with E-state index in [0.717, 1.165) is 45.2 Å². The molecule has 0 radical (unpaired) electrons. The Morgan fingerprint density at radius 3 is 3.00 bits per heavy atom. The molecule has 3 N–H and O–H groups in total. The van der Waals surface area contributed by atoms with Gasteiger partial charge in [-0.25, -0.2) is 4.98 Å². The average molecular weight is 426 g/mol. The lowest BCUT2D eigenvalue weighted by molar-refractivity contribution is -0.139. The molecule has 0 unspecified atom stereocenters. The van der Waals surface area contributed by atoms with Crippen molar-refractivity contribution in [1.82, 2.24) is 20.5 Å². The van der Waals surface area contributed by atoms with Gasteiger partial charge in [0.2, 0.25) is 11.8 Å². The minimum Gasteiger partial charge on any atom is -0.356 e. The van der Waals surface area contributed by atoms with E-state index in [1.807, 2.05) is 4.90 Å². The Kier molecular flexibility index (Phi) is 4.90. The van der Waals surface area contributed by atoms with Crippen molar-refractivity contribution in [3.8, 4) is 0 Å². The molecule has 2 bridgehead atoms. The highest BCUT2D eigenvalue weighted by atomic mass is 16.2. The molecule has 8 heteroatoms. The number of likely N-dealkylation sites (tertiary alicyclic amines) is 1. The summed E-state index contributed by atoms with van der Waals surface area (Å²) in [6, 6.07) is 3.55. The summed E-state index contributed by atoms with van der Waals surface area (Å²) >= 11 is 0. The second kappa shape index (κ2) is 7.50. The molecule has 1 aromatic rings. The summed E-state index contributed by atoms with van der Waals surface area (Å²) < 4.78 is 0. The number of nitrogens with zero attached hydrogens (tertiary/aromatic N) is 2. The molecule has 3 amide bonds. The van der Waals surface area contributed by atoms with Gasteiger partial charge in [-0.1, -0.05) is 6.92 Å². The van der Waals surface area contributed by atoms with Crippen molar-refractivity contribution in [3.63, 3.8) is 0 Å². The van der Waals surface area contributed by atoms with Gasteiger partial charge in [-0.05, 0) is 56.1 Å². The van der Waals surface area contributed by atoms with Crippen LogP contribution in [0.1, 0.15) is 62.2 Å². The summed E-state index contributed by atoms with van der Waals surface area (Å²) in [6.07, 6.45) is 7.51. The molecule has 31 heavy (non-hydrogen) atoms. The lowest BCUT2D eigenvalue weighted by Crippen LogP contribution is -2.70. The Balaban J connectivity index is 1.23. The molecule has 3 heterocycles. The number of nitrogens with one attached hydrogen (secondary N) is 3. The summed E-state index contributed by atoms with van der Waals surface area (Å²) in [5.41, 5.74) is -0.139. The molecular weight excluding hydrogens is 394 g/mol. The first kappa shape index (κ1) is 20.3. The van der Waals surface area contributed by atoms with E-state index in [-0.39, 0.29) is 35.0 Å². The Hall–Kier alpha value is -2.64. The third kappa shape index (κ3) is 3.46. The number of anilines is 1. The lowest BCUT2D eigenvalue weighted by atomic mass is 9.51. The number of carbonyl (C=O) groups excluding carboxylic acids is 3. The molecule has 1 aromatic heterocycles. The highest BCUT2D eigenvalue weighted by Crippen LogP contribution is 2.58. The number of pyridine rings is 1. The van der Waals surface area contributed by atoms with Gasteiger partial charge in [-0.3, -0.25) is 14.4 Å². The minimum absolute atomic E-state index is 0.0610. The first-order valence-corrected chi connectivity index (χ1v) is 11.5. The van der Waals surface area contributed by atoms with Crippen molar-refractivity contribution >= 4 is 23.5 Å². The number of hydrogen-bond donors (Lipinski definition) is 3. The summed E-state index contributed by atoms with van der Waals surface area (Å²) in [6.45, 7) is 4.33. The normalized spacial score (nSPS) is 33.8. The van der Waals surface area contributed by atoms with Crippen LogP contribution in [-0.2, 0) is 9.59 Å². The monoisotopic (exact) mass is 425 g/mol. The Bertz CT molecular complexity index is 920. The summed E-state index contributed by atoms with van der Waals surface area (Å²) in [7, 11) is 0. The summed E-state index contributed by atoms with van der Waals surface area (Å²) in [5.74, 6) is 1.01. The van der Waals surface area contributed by atoms with E-state index < -0.39 is 5.66 Å². The van der Waals surface area contributed by atoms with Crippen LogP contribution in [0.2, 0.25) is 0 Å². The molecule has 166 valence electrons. The van der Waals surface area contributed by atoms with E-state index in [1.54, 1.807) is 18.3 Å². The number of hydrogen-bond acceptors (Lipinski definition) is 5. The van der Waals surface area contributed by atoms with Crippen molar-refractivity contribution in [2.24, 2.45) is 17.3 Å². The summed E-state index contributed by atoms with van der Waals surface area (Å²) in [5, 5.41) is 9.89. The van der Waals surface area contributed by atoms with Gasteiger partial charge in [0.05, 0.1) is 5.56 Å². The molecule has 5 aliphatic rings. The lowest BCUT2D eigenvalue weighted by Gasteiger charge is -2.60. The quantitative estimate of drug-likeness (QED) is 0.625. The van der Waals surface area contributed by atoms with Crippen LogP contribution in [0.3, 0.4) is 0 Å². The molecule has 1 saturated heterocycles. The molecule has 0 aromatic carbocycles. The second-order valence-electron chi connectivity index (χ2n) is 9.93. The zero-order chi connectivity index (χ0) is 21.6. The van der Waals surface area contributed by atoms with Crippen LogP contribution in [0.25, 0.3) is 0 Å². The van der Waals surface area contributed by atoms with Crippen LogP contribution in [0, 0.1) is 17.3 Å². The van der Waals surface area contributed by atoms with E-state index in [2.05, 4.69) is 27.9 Å².